The van der Waals surface area contributed by atoms with Crippen molar-refractivity contribution in [3.8, 4) is 6.07 Å². The molecule has 2 aromatic rings. The molecule has 0 amide bonds. The number of aromatic nitrogens is 1. The number of hydrogen-bond acceptors (Lipinski definition) is 2. The molecule has 0 aliphatic heterocycles. The molecule has 68 valence electrons. The fourth-order valence-corrected chi connectivity index (χ4v) is 1.51. The third-order valence-corrected chi connectivity index (χ3v) is 2.15. The topological polar surface area (TPSA) is 36.7 Å². The Morgan fingerprint density at radius 1 is 1.36 bits per heavy atom. The summed E-state index contributed by atoms with van der Waals surface area (Å²) in [7, 11) is 0. The van der Waals surface area contributed by atoms with E-state index < -0.39 is 0 Å². The first kappa shape index (κ1) is 8.92. The SMILES string of the molecule is N#Cc1cc2cc(F)ccc2c(Cl)n1. The fourth-order valence-electron chi connectivity index (χ4n) is 1.24. The molecule has 2 nitrogen and oxygen atoms in total. The monoisotopic (exact) mass is 206 g/mol. The highest BCUT2D eigenvalue weighted by molar-refractivity contribution is 6.34. The van der Waals surface area contributed by atoms with Gasteiger partial charge in [0.25, 0.3) is 0 Å². The van der Waals surface area contributed by atoms with Gasteiger partial charge in [0.2, 0.25) is 0 Å². The molecular formula is C10H4ClFN2. The van der Waals surface area contributed by atoms with Crippen molar-refractivity contribution in [1.82, 2.24) is 4.98 Å². The lowest BCUT2D eigenvalue weighted by Crippen LogP contribution is -1.86. The summed E-state index contributed by atoms with van der Waals surface area (Å²) in [5.74, 6) is -0.358. The van der Waals surface area contributed by atoms with E-state index in [1.807, 2.05) is 6.07 Å². The van der Waals surface area contributed by atoms with E-state index in [0.717, 1.165) is 0 Å². The smallest absolute Gasteiger partial charge is 0.142 e. The molecule has 0 aliphatic carbocycles. The number of benzene rings is 1. The molecule has 0 aliphatic rings. The Balaban J connectivity index is 2.85. The van der Waals surface area contributed by atoms with Crippen molar-refractivity contribution >= 4 is 22.4 Å². The Labute approximate surface area is 84.6 Å². The summed E-state index contributed by atoms with van der Waals surface area (Å²) in [5, 5.41) is 10.1. The molecule has 0 unspecified atom stereocenters. The van der Waals surface area contributed by atoms with Crippen molar-refractivity contribution in [1.29, 1.82) is 5.26 Å². The zero-order valence-electron chi connectivity index (χ0n) is 6.96. The highest BCUT2D eigenvalue weighted by atomic mass is 35.5. The standard InChI is InChI=1S/C10H4ClFN2/c11-10-9-2-1-7(12)3-6(9)4-8(5-13)14-10/h1-4H. The molecule has 0 radical (unpaired) electrons. The third-order valence-electron chi connectivity index (χ3n) is 1.86. The molecule has 0 spiro atoms. The minimum Gasteiger partial charge on any atom is -0.225 e. The van der Waals surface area contributed by atoms with Gasteiger partial charge in [-0.3, -0.25) is 0 Å². The maximum absolute atomic E-state index is 12.9. The predicted molar refractivity (Wildman–Crippen MR) is 51.4 cm³/mol. The van der Waals surface area contributed by atoms with Gasteiger partial charge in [-0.1, -0.05) is 11.6 Å². The van der Waals surface area contributed by atoms with Crippen molar-refractivity contribution in [3.63, 3.8) is 0 Å². The summed E-state index contributed by atoms with van der Waals surface area (Å²) in [4.78, 5) is 3.83. The predicted octanol–water partition coefficient (Wildman–Crippen LogP) is 2.90. The summed E-state index contributed by atoms with van der Waals surface area (Å²) in [5.41, 5.74) is 0.188. The van der Waals surface area contributed by atoms with Crippen LogP contribution in [0.4, 0.5) is 4.39 Å². The number of nitriles is 1. The third kappa shape index (κ3) is 1.40. The number of rotatable bonds is 0. The molecule has 0 N–H and O–H groups in total. The van der Waals surface area contributed by atoms with Gasteiger partial charge >= 0.3 is 0 Å². The highest BCUT2D eigenvalue weighted by Crippen LogP contribution is 2.22. The maximum atomic E-state index is 12.9. The Bertz CT molecular complexity index is 546. The average molecular weight is 207 g/mol. The van der Waals surface area contributed by atoms with Gasteiger partial charge in [0.15, 0.2) is 0 Å². The molecule has 0 fully saturated rings. The summed E-state index contributed by atoms with van der Waals surface area (Å²) < 4.78 is 12.9. The Kier molecular flexibility index (Phi) is 2.06. The number of halogens is 2. The van der Waals surface area contributed by atoms with Crippen molar-refractivity contribution in [2.45, 2.75) is 0 Å². The minimum absolute atomic E-state index is 0.188. The lowest BCUT2D eigenvalue weighted by molar-refractivity contribution is 0.629. The molecule has 1 aromatic carbocycles. The van der Waals surface area contributed by atoms with Crippen LogP contribution in [0.15, 0.2) is 24.3 Å². The highest BCUT2D eigenvalue weighted by Gasteiger charge is 2.04. The second kappa shape index (κ2) is 3.24. The summed E-state index contributed by atoms with van der Waals surface area (Å²) >= 11 is 5.81. The minimum atomic E-state index is -0.358. The zero-order chi connectivity index (χ0) is 10.1. The van der Waals surface area contributed by atoms with Crippen LogP contribution in [-0.4, -0.2) is 4.98 Å². The molecule has 0 atom stereocenters. The molecule has 14 heavy (non-hydrogen) atoms. The van der Waals surface area contributed by atoms with Crippen LogP contribution in [0.3, 0.4) is 0 Å². The van der Waals surface area contributed by atoms with Crippen LogP contribution in [0.2, 0.25) is 5.15 Å². The maximum Gasteiger partial charge on any atom is 0.142 e. The number of hydrogen-bond donors (Lipinski definition) is 0. The van der Waals surface area contributed by atoms with Crippen molar-refractivity contribution in [3.05, 3.63) is 40.9 Å². The van der Waals surface area contributed by atoms with Gasteiger partial charge in [-0.2, -0.15) is 5.26 Å². The molecule has 1 aromatic heterocycles. The first-order valence-electron chi connectivity index (χ1n) is 3.86. The lowest BCUT2D eigenvalue weighted by Gasteiger charge is -2.00. The van der Waals surface area contributed by atoms with Gasteiger partial charge in [-0.25, -0.2) is 9.37 Å². The summed E-state index contributed by atoms with van der Waals surface area (Å²) in [6.07, 6.45) is 0. The molecule has 2 rings (SSSR count). The van der Waals surface area contributed by atoms with Crippen molar-refractivity contribution in [2.75, 3.05) is 0 Å². The zero-order valence-corrected chi connectivity index (χ0v) is 7.72. The van der Waals surface area contributed by atoms with Gasteiger partial charge in [-0.15, -0.1) is 0 Å². The van der Waals surface area contributed by atoms with Crippen molar-refractivity contribution in [2.24, 2.45) is 0 Å². The Morgan fingerprint density at radius 2 is 2.14 bits per heavy atom. The summed E-state index contributed by atoms with van der Waals surface area (Å²) in [6, 6.07) is 7.54. The number of pyridine rings is 1. The van der Waals surface area contributed by atoms with Crippen LogP contribution in [0.5, 0.6) is 0 Å². The Morgan fingerprint density at radius 3 is 2.86 bits per heavy atom. The van der Waals surface area contributed by atoms with Crippen LogP contribution in [0.25, 0.3) is 10.8 Å². The van der Waals surface area contributed by atoms with E-state index in [9.17, 15) is 4.39 Å². The van der Waals surface area contributed by atoms with Gasteiger partial charge in [0.05, 0.1) is 0 Å². The average Bonchev–Trinajstić information content (AvgIpc) is 2.16. The van der Waals surface area contributed by atoms with Crippen molar-refractivity contribution < 1.29 is 4.39 Å². The number of nitrogens with zero attached hydrogens (tertiary/aromatic N) is 2. The van der Waals surface area contributed by atoms with E-state index >= 15 is 0 Å². The van der Waals surface area contributed by atoms with E-state index in [-0.39, 0.29) is 16.7 Å². The quantitative estimate of drug-likeness (QED) is 0.622. The molecule has 1 heterocycles. The number of fused-ring (bicyclic) bond motifs is 1. The van der Waals surface area contributed by atoms with Crippen LogP contribution >= 0.6 is 11.6 Å². The van der Waals surface area contributed by atoms with Crippen LogP contribution in [-0.2, 0) is 0 Å². The molecule has 0 saturated heterocycles. The molecular weight excluding hydrogens is 203 g/mol. The summed E-state index contributed by atoms with van der Waals surface area (Å²) in [6.45, 7) is 0. The molecule has 0 bridgehead atoms. The van der Waals surface area contributed by atoms with Crippen LogP contribution < -0.4 is 0 Å². The van der Waals surface area contributed by atoms with Crippen LogP contribution in [0, 0.1) is 17.1 Å². The van der Waals surface area contributed by atoms with E-state index in [2.05, 4.69) is 4.98 Å². The first-order chi connectivity index (χ1) is 6.70. The van der Waals surface area contributed by atoms with Gasteiger partial charge in [0, 0.05) is 5.39 Å². The largest absolute Gasteiger partial charge is 0.225 e. The van der Waals surface area contributed by atoms with E-state index in [0.29, 0.717) is 10.8 Å². The normalized spacial score (nSPS) is 10.1. The molecule has 0 saturated carbocycles. The van der Waals surface area contributed by atoms with Gasteiger partial charge in [-0.05, 0) is 29.7 Å². The lowest BCUT2D eigenvalue weighted by atomic mass is 10.1. The fraction of sp³-hybridized carbons (Fsp3) is 0. The van der Waals surface area contributed by atoms with Gasteiger partial charge < -0.3 is 0 Å². The second-order valence-electron chi connectivity index (χ2n) is 2.78. The molecule has 4 heteroatoms. The van der Waals surface area contributed by atoms with E-state index in [1.165, 1.54) is 18.2 Å². The van der Waals surface area contributed by atoms with E-state index in [1.54, 1.807) is 6.07 Å². The van der Waals surface area contributed by atoms with E-state index in [4.69, 9.17) is 16.9 Å². The first-order valence-corrected chi connectivity index (χ1v) is 4.24. The Hall–Kier alpha value is -1.66. The van der Waals surface area contributed by atoms with Gasteiger partial charge in [0.1, 0.15) is 22.7 Å². The second-order valence-corrected chi connectivity index (χ2v) is 3.13. The van der Waals surface area contributed by atoms with Crippen LogP contribution in [0.1, 0.15) is 5.69 Å².